The number of hydrogen-bond acceptors (Lipinski definition) is 6. The first-order valence-corrected chi connectivity index (χ1v) is 11.6. The molecular formula is C22H28N2O6S. The van der Waals surface area contributed by atoms with Crippen LogP contribution in [0.3, 0.4) is 0 Å². The van der Waals surface area contributed by atoms with Gasteiger partial charge in [0.1, 0.15) is 0 Å². The van der Waals surface area contributed by atoms with Crippen molar-refractivity contribution in [2.45, 2.75) is 49.6 Å². The second-order valence-electron chi connectivity index (χ2n) is 7.58. The Kier molecular flexibility index (Phi) is 8.32. The first-order chi connectivity index (χ1) is 14.6. The molecule has 2 aromatic rings. The number of benzene rings is 2. The molecule has 0 aromatic heterocycles. The lowest BCUT2D eigenvalue weighted by Crippen LogP contribution is -2.48. The van der Waals surface area contributed by atoms with Gasteiger partial charge in [-0.25, -0.2) is 13.9 Å². The molecule has 8 nitrogen and oxygen atoms in total. The minimum absolute atomic E-state index is 0.0779. The Morgan fingerprint density at radius 3 is 2.23 bits per heavy atom. The monoisotopic (exact) mass is 448 g/mol. The minimum Gasteiger partial charge on any atom is -0.379 e. The van der Waals surface area contributed by atoms with Gasteiger partial charge in [0.05, 0.1) is 16.7 Å². The van der Waals surface area contributed by atoms with Crippen LogP contribution in [0.15, 0.2) is 59.5 Å². The van der Waals surface area contributed by atoms with Gasteiger partial charge < -0.3 is 10.4 Å². The van der Waals surface area contributed by atoms with Crippen LogP contribution in [0.1, 0.15) is 55.1 Å². The topological polar surface area (TPSA) is 133 Å². The third kappa shape index (κ3) is 6.61. The molecule has 0 aliphatic carbocycles. The van der Waals surface area contributed by atoms with Gasteiger partial charge in [0, 0.05) is 5.56 Å². The number of amides is 2. The van der Waals surface area contributed by atoms with Crippen molar-refractivity contribution in [1.29, 1.82) is 0 Å². The first kappa shape index (κ1) is 24.5. The fraction of sp³-hybridized carbons (Fsp3) is 0.364. The molecule has 0 saturated heterocycles. The van der Waals surface area contributed by atoms with Crippen LogP contribution in [0.5, 0.6) is 0 Å². The molecule has 0 aliphatic heterocycles. The lowest BCUT2D eigenvalue weighted by molar-refractivity contribution is -0.144. The quantitative estimate of drug-likeness (QED) is 0.326. The largest absolute Gasteiger partial charge is 0.379 e. The lowest BCUT2D eigenvalue weighted by atomic mass is 10.0. The number of carbonyl (C=O) groups is 2. The predicted molar refractivity (Wildman–Crippen MR) is 115 cm³/mol. The van der Waals surface area contributed by atoms with Crippen LogP contribution in [0.2, 0.25) is 0 Å². The summed E-state index contributed by atoms with van der Waals surface area (Å²) >= 11 is 0. The summed E-state index contributed by atoms with van der Waals surface area (Å²) in [5.41, 5.74) is 0.250. The molecule has 2 amide bonds. The zero-order valence-corrected chi connectivity index (χ0v) is 18.4. The number of sulfone groups is 1. The molecule has 2 rings (SSSR count). The molecule has 9 heteroatoms. The molecule has 0 aliphatic rings. The van der Waals surface area contributed by atoms with E-state index in [0.717, 1.165) is 25.3 Å². The molecular weight excluding hydrogens is 420 g/mol. The molecule has 0 heterocycles. The smallest absolute Gasteiger partial charge is 0.276 e. The zero-order valence-electron chi connectivity index (χ0n) is 17.5. The van der Waals surface area contributed by atoms with Crippen molar-refractivity contribution in [2.75, 3.05) is 5.75 Å². The summed E-state index contributed by atoms with van der Waals surface area (Å²) in [5.74, 6) is -2.32. The Bertz CT molecular complexity index is 988. The van der Waals surface area contributed by atoms with Crippen molar-refractivity contribution >= 4 is 21.7 Å². The zero-order chi connectivity index (χ0) is 23.1. The normalized spacial score (nSPS) is 14.3. The fourth-order valence-electron chi connectivity index (χ4n) is 3.11. The van der Waals surface area contributed by atoms with Gasteiger partial charge in [-0.15, -0.1) is 0 Å². The van der Waals surface area contributed by atoms with E-state index in [-0.39, 0.29) is 16.8 Å². The molecule has 0 radical (unpaired) electrons. The van der Waals surface area contributed by atoms with E-state index in [9.17, 15) is 23.1 Å². The number of hydrogen-bond donors (Lipinski definition) is 4. The molecule has 168 valence electrons. The third-order valence-electron chi connectivity index (χ3n) is 4.89. The van der Waals surface area contributed by atoms with Gasteiger partial charge in [-0.3, -0.25) is 14.8 Å². The number of carbonyl (C=O) groups excluding carboxylic acids is 2. The van der Waals surface area contributed by atoms with Gasteiger partial charge >= 0.3 is 0 Å². The summed E-state index contributed by atoms with van der Waals surface area (Å²) < 4.78 is 25.2. The molecule has 0 bridgehead atoms. The molecule has 0 spiro atoms. The van der Waals surface area contributed by atoms with Gasteiger partial charge in [0.15, 0.2) is 15.4 Å². The summed E-state index contributed by atoms with van der Waals surface area (Å²) in [6.45, 7) is 3.05. The highest BCUT2D eigenvalue weighted by Crippen LogP contribution is 2.24. The highest BCUT2D eigenvalue weighted by Gasteiger charge is 2.36. The van der Waals surface area contributed by atoms with Crippen molar-refractivity contribution < 1.29 is 28.3 Å². The Morgan fingerprint density at radius 2 is 1.68 bits per heavy atom. The van der Waals surface area contributed by atoms with Crippen LogP contribution in [0.25, 0.3) is 0 Å². The Balaban J connectivity index is 2.22. The summed E-state index contributed by atoms with van der Waals surface area (Å²) in [4.78, 5) is 24.0. The van der Waals surface area contributed by atoms with Gasteiger partial charge in [-0.05, 0) is 43.2 Å². The standard InChI is InChI=1S/C22H28N2O6S/c1-3-4-10-19(23-20(25)17-8-6-5-7-9-17)16-11-13-18(14-12-16)31(29,30)15-22(2,27)21(26)24-28/h5-9,11-14,19,27-28H,3-4,10,15H2,1-2H3,(H,23,25)(H,24,26). The summed E-state index contributed by atoms with van der Waals surface area (Å²) in [5, 5.41) is 21.7. The Hall–Kier alpha value is -2.75. The fourth-order valence-corrected chi connectivity index (χ4v) is 4.70. The van der Waals surface area contributed by atoms with E-state index < -0.39 is 27.1 Å². The average Bonchev–Trinajstić information content (AvgIpc) is 2.75. The van der Waals surface area contributed by atoms with Gasteiger partial charge in [0.2, 0.25) is 0 Å². The maximum absolute atomic E-state index is 12.6. The number of aliphatic hydroxyl groups is 1. The van der Waals surface area contributed by atoms with Gasteiger partial charge in [0.25, 0.3) is 11.8 Å². The maximum Gasteiger partial charge on any atom is 0.276 e. The van der Waals surface area contributed by atoms with E-state index in [4.69, 9.17) is 5.21 Å². The van der Waals surface area contributed by atoms with Crippen LogP contribution in [0.4, 0.5) is 0 Å². The SMILES string of the molecule is CCCCC(NC(=O)c1ccccc1)c1ccc(S(=O)(=O)CC(C)(O)C(=O)NO)cc1. The van der Waals surface area contributed by atoms with E-state index >= 15 is 0 Å². The predicted octanol–water partition coefficient (Wildman–Crippen LogP) is 2.38. The second-order valence-corrected chi connectivity index (χ2v) is 9.57. The second kappa shape index (κ2) is 10.5. The first-order valence-electron chi connectivity index (χ1n) is 9.96. The van der Waals surface area contributed by atoms with Crippen LogP contribution >= 0.6 is 0 Å². The van der Waals surface area contributed by atoms with Crippen molar-refractivity contribution in [3.63, 3.8) is 0 Å². The van der Waals surface area contributed by atoms with Crippen LogP contribution in [-0.4, -0.2) is 41.9 Å². The lowest BCUT2D eigenvalue weighted by Gasteiger charge is -2.21. The Labute approximate surface area is 182 Å². The number of nitrogens with one attached hydrogen (secondary N) is 2. The molecule has 2 unspecified atom stereocenters. The maximum atomic E-state index is 12.6. The third-order valence-corrected chi connectivity index (χ3v) is 6.82. The van der Waals surface area contributed by atoms with Crippen molar-refractivity contribution in [1.82, 2.24) is 10.8 Å². The molecule has 2 aromatic carbocycles. The molecule has 0 saturated carbocycles. The van der Waals surface area contributed by atoms with Crippen LogP contribution < -0.4 is 10.8 Å². The number of unbranched alkanes of at least 4 members (excludes halogenated alkanes) is 1. The van der Waals surface area contributed by atoms with Crippen molar-refractivity contribution in [3.05, 3.63) is 65.7 Å². The van der Waals surface area contributed by atoms with E-state index in [2.05, 4.69) is 5.32 Å². The minimum atomic E-state index is -4.01. The summed E-state index contributed by atoms with van der Waals surface area (Å²) in [6.07, 6.45) is 2.50. The van der Waals surface area contributed by atoms with E-state index in [1.54, 1.807) is 36.4 Å². The van der Waals surface area contributed by atoms with E-state index in [0.29, 0.717) is 12.0 Å². The highest BCUT2D eigenvalue weighted by atomic mass is 32.2. The molecule has 4 N–H and O–H groups in total. The molecule has 0 fully saturated rings. The summed E-state index contributed by atoms with van der Waals surface area (Å²) in [7, 11) is -4.01. The van der Waals surface area contributed by atoms with Crippen molar-refractivity contribution in [3.8, 4) is 0 Å². The number of rotatable bonds is 10. The number of hydroxylamine groups is 1. The van der Waals surface area contributed by atoms with Gasteiger partial charge in [-0.2, -0.15) is 0 Å². The van der Waals surface area contributed by atoms with E-state index in [1.165, 1.54) is 17.6 Å². The highest BCUT2D eigenvalue weighted by molar-refractivity contribution is 7.91. The van der Waals surface area contributed by atoms with Crippen LogP contribution in [-0.2, 0) is 14.6 Å². The molecule has 31 heavy (non-hydrogen) atoms. The van der Waals surface area contributed by atoms with Crippen LogP contribution in [0, 0.1) is 0 Å². The summed E-state index contributed by atoms with van der Waals surface area (Å²) in [6, 6.07) is 14.5. The average molecular weight is 449 g/mol. The van der Waals surface area contributed by atoms with E-state index in [1.807, 2.05) is 13.0 Å². The van der Waals surface area contributed by atoms with Crippen molar-refractivity contribution in [2.24, 2.45) is 0 Å². The molecule has 2 atom stereocenters. The Morgan fingerprint density at radius 1 is 1.06 bits per heavy atom. The van der Waals surface area contributed by atoms with Gasteiger partial charge in [-0.1, -0.05) is 50.1 Å².